The molecule has 1 aromatic carbocycles. The number of nitrogens with zero attached hydrogens (tertiary/aromatic N) is 3. The minimum atomic E-state index is 0.256. The number of halogens is 2. The van der Waals surface area contributed by atoms with E-state index in [0.717, 1.165) is 23.5 Å². The van der Waals surface area contributed by atoms with Gasteiger partial charge < -0.3 is 10.6 Å². The third kappa shape index (κ3) is 4.62. The molecule has 0 unspecified atom stereocenters. The van der Waals surface area contributed by atoms with Crippen molar-refractivity contribution < 1.29 is 0 Å². The fourth-order valence-electron chi connectivity index (χ4n) is 2.27. The molecule has 0 spiro atoms. The summed E-state index contributed by atoms with van der Waals surface area (Å²) in [6.45, 7) is 4.19. The molecule has 0 bridgehead atoms. The van der Waals surface area contributed by atoms with Gasteiger partial charge in [0.25, 0.3) is 0 Å². The third-order valence-electron chi connectivity index (χ3n) is 3.83. The summed E-state index contributed by atoms with van der Waals surface area (Å²) < 4.78 is 0. The lowest BCUT2D eigenvalue weighted by atomic mass is 10.2. The van der Waals surface area contributed by atoms with Crippen molar-refractivity contribution in [2.24, 2.45) is 0 Å². The highest BCUT2D eigenvalue weighted by Crippen LogP contribution is 2.28. The molecule has 3 rings (SSSR count). The van der Waals surface area contributed by atoms with Gasteiger partial charge in [-0.2, -0.15) is 4.98 Å². The van der Waals surface area contributed by atoms with Crippen molar-refractivity contribution in [2.45, 2.75) is 26.3 Å². The Morgan fingerprint density at radius 2 is 1.85 bits per heavy atom. The van der Waals surface area contributed by atoms with Crippen LogP contribution in [0.15, 0.2) is 48.7 Å². The number of anilines is 3. The summed E-state index contributed by atoms with van der Waals surface area (Å²) >= 11 is 12.1. The van der Waals surface area contributed by atoms with E-state index in [4.69, 9.17) is 23.2 Å². The summed E-state index contributed by atoms with van der Waals surface area (Å²) in [5, 5.41) is 7.55. The summed E-state index contributed by atoms with van der Waals surface area (Å²) in [5.74, 6) is 1.19. The zero-order chi connectivity index (χ0) is 18.5. The highest BCUT2D eigenvalue weighted by atomic mass is 35.5. The van der Waals surface area contributed by atoms with Gasteiger partial charge in [0.2, 0.25) is 5.95 Å². The Balaban J connectivity index is 1.97. The molecule has 2 aromatic heterocycles. The van der Waals surface area contributed by atoms with Gasteiger partial charge in [-0.1, -0.05) is 36.2 Å². The maximum Gasteiger partial charge on any atom is 0.225 e. The van der Waals surface area contributed by atoms with Gasteiger partial charge >= 0.3 is 0 Å². The molecule has 7 heteroatoms. The summed E-state index contributed by atoms with van der Waals surface area (Å²) in [6, 6.07) is 13.2. The van der Waals surface area contributed by atoms with Crippen LogP contribution < -0.4 is 10.6 Å². The second-order valence-corrected chi connectivity index (χ2v) is 6.70. The molecule has 0 saturated heterocycles. The zero-order valence-electron chi connectivity index (χ0n) is 14.5. The van der Waals surface area contributed by atoms with E-state index >= 15 is 0 Å². The maximum atomic E-state index is 6.10. The number of aromatic nitrogens is 3. The first kappa shape index (κ1) is 18.4. The van der Waals surface area contributed by atoms with Crippen LogP contribution in [-0.2, 0) is 0 Å². The van der Waals surface area contributed by atoms with Gasteiger partial charge in [-0.15, -0.1) is 0 Å². The average Bonchev–Trinajstić information content (AvgIpc) is 2.65. The van der Waals surface area contributed by atoms with Gasteiger partial charge in [0, 0.05) is 24.0 Å². The second kappa shape index (κ2) is 8.34. The molecule has 2 N–H and O–H groups in total. The van der Waals surface area contributed by atoms with Crippen molar-refractivity contribution in [1.29, 1.82) is 0 Å². The van der Waals surface area contributed by atoms with Crippen LogP contribution >= 0.6 is 23.2 Å². The molecule has 0 saturated carbocycles. The lowest BCUT2D eigenvalue weighted by Crippen LogP contribution is -2.16. The number of rotatable bonds is 6. The van der Waals surface area contributed by atoms with Crippen LogP contribution in [0, 0.1) is 0 Å². The average molecular weight is 388 g/mol. The van der Waals surface area contributed by atoms with Crippen molar-refractivity contribution in [3.63, 3.8) is 0 Å². The molecule has 5 nitrogen and oxygen atoms in total. The topological polar surface area (TPSA) is 62.7 Å². The predicted molar refractivity (Wildman–Crippen MR) is 108 cm³/mol. The molecule has 0 aliphatic rings. The Labute approximate surface area is 162 Å². The quantitative estimate of drug-likeness (QED) is 0.559. The lowest BCUT2D eigenvalue weighted by molar-refractivity contribution is 0.753. The van der Waals surface area contributed by atoms with Gasteiger partial charge in [0.15, 0.2) is 0 Å². The van der Waals surface area contributed by atoms with Crippen molar-refractivity contribution in [3.8, 4) is 11.4 Å². The van der Waals surface area contributed by atoms with Gasteiger partial charge in [-0.05, 0) is 43.7 Å². The van der Waals surface area contributed by atoms with Crippen molar-refractivity contribution >= 4 is 40.7 Å². The van der Waals surface area contributed by atoms with Crippen LogP contribution in [0.1, 0.15) is 20.3 Å². The standard InChI is InChI=1S/C19H19Cl2N5/c1-3-12(2)23-19-25-17(16-6-4-5-9-22-16)11-18(26-19)24-13-7-8-14(20)15(21)10-13/h4-12H,3H2,1-2H3,(H2,23,24,25,26)/t12-/m0/s1. The highest BCUT2D eigenvalue weighted by molar-refractivity contribution is 6.42. The molecule has 26 heavy (non-hydrogen) atoms. The highest BCUT2D eigenvalue weighted by Gasteiger charge is 2.10. The first-order chi connectivity index (χ1) is 12.5. The van der Waals surface area contributed by atoms with E-state index in [9.17, 15) is 0 Å². The van der Waals surface area contributed by atoms with Crippen molar-refractivity contribution in [1.82, 2.24) is 15.0 Å². The first-order valence-corrected chi connectivity index (χ1v) is 9.10. The minimum Gasteiger partial charge on any atom is -0.352 e. The van der Waals surface area contributed by atoms with Crippen molar-refractivity contribution in [2.75, 3.05) is 10.6 Å². The van der Waals surface area contributed by atoms with Gasteiger partial charge in [0.1, 0.15) is 5.82 Å². The lowest BCUT2D eigenvalue weighted by Gasteiger charge is -2.14. The van der Waals surface area contributed by atoms with Gasteiger partial charge in [-0.25, -0.2) is 4.98 Å². The molecule has 1 atom stereocenters. The van der Waals surface area contributed by atoms with E-state index in [2.05, 4.69) is 39.4 Å². The monoisotopic (exact) mass is 387 g/mol. The van der Waals surface area contributed by atoms with Crippen LogP contribution in [-0.4, -0.2) is 21.0 Å². The molecule has 134 valence electrons. The summed E-state index contributed by atoms with van der Waals surface area (Å²) in [4.78, 5) is 13.5. The number of benzene rings is 1. The van der Waals surface area contributed by atoms with Crippen LogP contribution in [0.3, 0.4) is 0 Å². The third-order valence-corrected chi connectivity index (χ3v) is 4.57. The van der Waals surface area contributed by atoms with E-state index in [0.29, 0.717) is 21.8 Å². The Morgan fingerprint density at radius 3 is 2.54 bits per heavy atom. The maximum absolute atomic E-state index is 6.10. The molecule has 3 aromatic rings. The first-order valence-electron chi connectivity index (χ1n) is 8.34. The molecule has 0 fully saturated rings. The van der Waals surface area contributed by atoms with E-state index in [-0.39, 0.29) is 6.04 Å². The molecule has 0 radical (unpaired) electrons. The molecule has 0 amide bonds. The Hall–Kier alpha value is -2.37. The Kier molecular flexibility index (Phi) is 5.91. The molecule has 0 aliphatic carbocycles. The predicted octanol–water partition coefficient (Wildman–Crippen LogP) is 5.80. The number of hydrogen-bond acceptors (Lipinski definition) is 5. The summed E-state index contributed by atoms with van der Waals surface area (Å²) in [6.07, 6.45) is 2.71. The molecular weight excluding hydrogens is 369 g/mol. The molecule has 2 heterocycles. The zero-order valence-corrected chi connectivity index (χ0v) is 16.0. The number of pyridine rings is 1. The van der Waals surface area contributed by atoms with Gasteiger partial charge in [0.05, 0.1) is 21.4 Å². The smallest absolute Gasteiger partial charge is 0.225 e. The fraction of sp³-hybridized carbons (Fsp3) is 0.211. The largest absolute Gasteiger partial charge is 0.352 e. The number of hydrogen-bond donors (Lipinski definition) is 2. The van der Waals surface area contributed by atoms with E-state index < -0.39 is 0 Å². The summed E-state index contributed by atoms with van der Waals surface area (Å²) in [5.41, 5.74) is 2.30. The fourth-order valence-corrected chi connectivity index (χ4v) is 2.56. The minimum absolute atomic E-state index is 0.256. The van der Waals surface area contributed by atoms with E-state index in [1.807, 2.05) is 30.3 Å². The van der Waals surface area contributed by atoms with Crippen LogP contribution in [0.25, 0.3) is 11.4 Å². The van der Waals surface area contributed by atoms with Crippen LogP contribution in [0.4, 0.5) is 17.5 Å². The number of nitrogens with one attached hydrogen (secondary N) is 2. The van der Waals surface area contributed by atoms with Gasteiger partial charge in [-0.3, -0.25) is 4.98 Å². The van der Waals surface area contributed by atoms with Crippen LogP contribution in [0.2, 0.25) is 10.0 Å². The van der Waals surface area contributed by atoms with E-state index in [1.165, 1.54) is 0 Å². The van der Waals surface area contributed by atoms with Crippen molar-refractivity contribution in [3.05, 3.63) is 58.7 Å². The SMILES string of the molecule is CC[C@H](C)Nc1nc(Nc2ccc(Cl)c(Cl)c2)cc(-c2ccccn2)n1. The summed E-state index contributed by atoms with van der Waals surface area (Å²) in [7, 11) is 0. The second-order valence-electron chi connectivity index (χ2n) is 5.88. The molecule has 0 aliphatic heterocycles. The van der Waals surface area contributed by atoms with Crippen LogP contribution in [0.5, 0.6) is 0 Å². The van der Waals surface area contributed by atoms with E-state index in [1.54, 1.807) is 18.3 Å². The Bertz CT molecular complexity index is 886. The molecular formula is C19H19Cl2N5. The normalized spacial score (nSPS) is 11.8. The Morgan fingerprint density at radius 1 is 1.00 bits per heavy atom.